The summed E-state index contributed by atoms with van der Waals surface area (Å²) in [7, 11) is 0. The van der Waals surface area contributed by atoms with Gasteiger partial charge in [-0.25, -0.2) is 18.2 Å². The van der Waals surface area contributed by atoms with E-state index in [9.17, 15) is 27.9 Å². The number of benzene rings is 2. The highest BCUT2D eigenvalue weighted by Crippen LogP contribution is 2.50. The number of alkyl halides is 2. The molecule has 0 unspecified atom stereocenters. The van der Waals surface area contributed by atoms with Crippen molar-refractivity contribution in [3.63, 3.8) is 0 Å². The third kappa shape index (κ3) is 5.71. The smallest absolute Gasteiger partial charge is 0.272 e. The first-order valence-electron chi connectivity index (χ1n) is 14.6. The average molecular weight is 655 g/mol. The van der Waals surface area contributed by atoms with E-state index < -0.39 is 41.7 Å². The number of ether oxygens (including phenoxy) is 2. The van der Waals surface area contributed by atoms with Gasteiger partial charge in [-0.15, -0.1) is 0 Å². The first kappa shape index (κ1) is 31.6. The fourth-order valence-electron chi connectivity index (χ4n) is 5.69. The second-order valence-corrected chi connectivity index (χ2v) is 12.4. The number of rotatable bonds is 10. The molecule has 0 spiro atoms. The van der Waals surface area contributed by atoms with Crippen molar-refractivity contribution in [3.8, 4) is 22.8 Å². The van der Waals surface area contributed by atoms with Gasteiger partial charge in [0.2, 0.25) is 5.91 Å². The molecular weight excluding hydrogens is 625 g/mol. The molecule has 240 valence electrons. The molecule has 0 radical (unpaired) electrons. The van der Waals surface area contributed by atoms with Crippen LogP contribution >= 0.6 is 11.6 Å². The molecule has 4 aromatic rings. The Morgan fingerprint density at radius 3 is 2.67 bits per heavy atom. The number of hydrogen-bond donors (Lipinski definition) is 3. The first-order valence-corrected chi connectivity index (χ1v) is 14.9. The highest BCUT2D eigenvalue weighted by Gasteiger charge is 2.50. The van der Waals surface area contributed by atoms with Gasteiger partial charge in [0.1, 0.15) is 52.8 Å². The summed E-state index contributed by atoms with van der Waals surface area (Å²) in [5.74, 6) is -1.90. The number of carbonyl (C=O) groups is 2. The lowest BCUT2D eigenvalue weighted by atomic mass is 9.81. The molecule has 13 heteroatoms. The van der Waals surface area contributed by atoms with Crippen LogP contribution in [0, 0.1) is 18.7 Å². The molecule has 1 aliphatic heterocycles. The van der Waals surface area contributed by atoms with Crippen LogP contribution in [-0.2, 0) is 15.8 Å². The number of nitrogens with one attached hydrogen (secondary N) is 1. The van der Waals surface area contributed by atoms with Crippen LogP contribution in [0.15, 0.2) is 48.7 Å². The van der Waals surface area contributed by atoms with E-state index in [2.05, 4.69) is 10.3 Å². The Morgan fingerprint density at radius 1 is 1.24 bits per heavy atom. The minimum atomic E-state index is -2.73. The Balaban J connectivity index is 1.38. The number of aliphatic hydroxyl groups is 1. The van der Waals surface area contributed by atoms with Crippen LogP contribution in [0.2, 0.25) is 5.02 Å². The van der Waals surface area contributed by atoms with E-state index in [4.69, 9.17) is 31.8 Å². The summed E-state index contributed by atoms with van der Waals surface area (Å²) in [4.78, 5) is 35.2. The van der Waals surface area contributed by atoms with Crippen LogP contribution in [0.4, 0.5) is 13.2 Å². The Labute approximate surface area is 266 Å². The van der Waals surface area contributed by atoms with Gasteiger partial charge in [-0.2, -0.15) is 0 Å². The zero-order valence-corrected chi connectivity index (χ0v) is 25.6. The van der Waals surface area contributed by atoms with E-state index >= 15 is 0 Å². The number of aryl methyl sites for hydroxylation is 1. The zero-order valence-electron chi connectivity index (χ0n) is 24.9. The molecule has 1 saturated carbocycles. The van der Waals surface area contributed by atoms with E-state index in [-0.39, 0.29) is 52.5 Å². The maximum atomic E-state index is 14.1. The molecule has 0 bridgehead atoms. The Kier molecular flexibility index (Phi) is 8.06. The number of hydrogen-bond acceptors (Lipinski definition) is 7. The standard InChI is InChI=1S/C33H30ClF3N4O5/c1-16-7-18-8-19(10-24(27(18)39-12-16)45-13-26(36)37)30(42)40-14-33(44,20-4-5-20)25-11-21-29(46-15-32(21,2)31(38)43)28(41-25)17-3-6-23(35)22(34)9-17/h3,6-12,20,26,44H,4-5,13-15H2,1-2H3,(H2,38,43)(H,40,42)/t32-,33+/m0/s1. The van der Waals surface area contributed by atoms with Crippen LogP contribution in [0.25, 0.3) is 22.2 Å². The van der Waals surface area contributed by atoms with Crippen LogP contribution in [0.1, 0.15) is 46.9 Å². The highest BCUT2D eigenvalue weighted by molar-refractivity contribution is 6.31. The molecular formula is C33H30ClF3N4O5. The van der Waals surface area contributed by atoms with Crippen molar-refractivity contribution in [1.82, 2.24) is 15.3 Å². The van der Waals surface area contributed by atoms with Gasteiger partial charge in [0.25, 0.3) is 12.3 Å². The van der Waals surface area contributed by atoms with E-state index in [1.54, 1.807) is 38.2 Å². The number of fused-ring (bicyclic) bond motifs is 2. The van der Waals surface area contributed by atoms with Crippen molar-refractivity contribution in [1.29, 1.82) is 0 Å². The summed E-state index contributed by atoms with van der Waals surface area (Å²) < 4.78 is 51.2. The van der Waals surface area contributed by atoms with Crippen LogP contribution in [-0.4, -0.2) is 53.1 Å². The first-order chi connectivity index (χ1) is 21.8. The molecule has 0 saturated heterocycles. The normalized spacial score (nSPS) is 18.6. The molecule has 6 rings (SSSR count). The number of nitrogens with zero attached hydrogens (tertiary/aromatic N) is 2. The summed E-state index contributed by atoms with van der Waals surface area (Å²) in [6, 6.07) is 10.2. The zero-order chi connectivity index (χ0) is 33.0. The Bertz CT molecular complexity index is 1890. The molecule has 46 heavy (non-hydrogen) atoms. The molecule has 2 amide bonds. The van der Waals surface area contributed by atoms with Gasteiger partial charge in [-0.3, -0.25) is 14.6 Å². The van der Waals surface area contributed by atoms with Crippen LogP contribution < -0.4 is 20.5 Å². The molecule has 1 fully saturated rings. The van der Waals surface area contributed by atoms with Crippen LogP contribution in [0.3, 0.4) is 0 Å². The minimum absolute atomic E-state index is 0.0223. The summed E-state index contributed by atoms with van der Waals surface area (Å²) in [6.45, 7) is 2.19. The van der Waals surface area contributed by atoms with Crippen molar-refractivity contribution in [2.45, 2.75) is 44.1 Å². The molecule has 9 nitrogen and oxygen atoms in total. The van der Waals surface area contributed by atoms with Crippen molar-refractivity contribution in [2.24, 2.45) is 11.7 Å². The number of nitrogens with two attached hydrogens (primary N) is 1. The lowest BCUT2D eigenvalue weighted by Crippen LogP contribution is -2.44. The number of aromatic nitrogens is 2. The number of halogens is 4. The fraction of sp³-hybridized carbons (Fsp3) is 0.333. The van der Waals surface area contributed by atoms with Crippen molar-refractivity contribution >= 4 is 34.3 Å². The third-order valence-corrected chi connectivity index (χ3v) is 8.83. The number of pyridine rings is 2. The van der Waals surface area contributed by atoms with Crippen molar-refractivity contribution in [3.05, 3.63) is 81.9 Å². The third-order valence-electron chi connectivity index (χ3n) is 8.54. The summed E-state index contributed by atoms with van der Waals surface area (Å²) in [6.07, 6.45) is 0.112. The van der Waals surface area contributed by atoms with E-state index in [1.165, 1.54) is 24.3 Å². The highest BCUT2D eigenvalue weighted by atomic mass is 35.5. The minimum Gasteiger partial charge on any atom is -0.489 e. The quantitative estimate of drug-likeness (QED) is 0.214. The largest absolute Gasteiger partial charge is 0.489 e. The van der Waals surface area contributed by atoms with Gasteiger partial charge in [-0.1, -0.05) is 11.6 Å². The predicted octanol–water partition coefficient (Wildman–Crippen LogP) is 5.20. The van der Waals surface area contributed by atoms with Gasteiger partial charge in [0.15, 0.2) is 0 Å². The summed E-state index contributed by atoms with van der Waals surface area (Å²) in [5, 5.41) is 15.3. The van der Waals surface area contributed by atoms with Crippen molar-refractivity contribution < 1.29 is 37.3 Å². The Hall–Kier alpha value is -4.42. The number of primary amides is 1. The average Bonchev–Trinajstić information content (AvgIpc) is 3.82. The number of carbonyl (C=O) groups excluding carboxylic acids is 2. The topological polar surface area (TPSA) is 137 Å². The fourth-order valence-corrected chi connectivity index (χ4v) is 5.87. The maximum Gasteiger partial charge on any atom is 0.272 e. The SMILES string of the molecule is Cc1cnc2c(OCC(F)F)cc(C(=O)NC[C@](O)(c3cc4c(c(-c5ccc(F)c(Cl)c5)n3)OC[C@]4(C)C(N)=O)C3CC3)cc2c1. The van der Waals surface area contributed by atoms with E-state index in [1.807, 2.05) is 0 Å². The summed E-state index contributed by atoms with van der Waals surface area (Å²) in [5.41, 5.74) is 5.22. The lowest BCUT2D eigenvalue weighted by molar-refractivity contribution is -0.123. The maximum absolute atomic E-state index is 14.1. The summed E-state index contributed by atoms with van der Waals surface area (Å²) >= 11 is 6.08. The molecule has 4 N–H and O–H groups in total. The number of amides is 2. The molecule has 2 aromatic carbocycles. The van der Waals surface area contributed by atoms with Gasteiger partial charge in [0, 0.05) is 28.3 Å². The Morgan fingerprint density at radius 2 is 2.00 bits per heavy atom. The molecule has 3 heterocycles. The van der Waals surface area contributed by atoms with E-state index in [0.717, 1.165) is 5.56 Å². The molecule has 2 aliphatic rings. The monoisotopic (exact) mass is 654 g/mol. The van der Waals surface area contributed by atoms with E-state index in [0.29, 0.717) is 34.9 Å². The van der Waals surface area contributed by atoms with Crippen molar-refractivity contribution in [2.75, 3.05) is 19.8 Å². The van der Waals surface area contributed by atoms with Gasteiger partial charge in [-0.05, 0) is 80.6 Å². The van der Waals surface area contributed by atoms with Gasteiger partial charge in [0.05, 0.1) is 17.3 Å². The molecule has 2 atom stereocenters. The van der Waals surface area contributed by atoms with Gasteiger partial charge < -0.3 is 25.6 Å². The lowest BCUT2D eigenvalue weighted by Gasteiger charge is -2.30. The van der Waals surface area contributed by atoms with Crippen LogP contribution in [0.5, 0.6) is 11.5 Å². The molecule has 1 aliphatic carbocycles. The van der Waals surface area contributed by atoms with Gasteiger partial charge >= 0.3 is 0 Å². The molecule has 2 aromatic heterocycles. The second kappa shape index (κ2) is 11.7. The predicted molar refractivity (Wildman–Crippen MR) is 164 cm³/mol. The second-order valence-electron chi connectivity index (χ2n) is 12.0.